The zero-order valence-electron chi connectivity index (χ0n) is 11.2. The summed E-state index contributed by atoms with van der Waals surface area (Å²) in [6, 6.07) is 10.2. The highest BCUT2D eigenvalue weighted by molar-refractivity contribution is 7.92. The second-order valence-corrected chi connectivity index (χ2v) is 6.04. The summed E-state index contributed by atoms with van der Waals surface area (Å²) in [6.45, 7) is 2.35. The number of rotatable bonds is 5. The lowest BCUT2D eigenvalue weighted by molar-refractivity contribution is 0.601. The smallest absolute Gasteiger partial charge is 0.263 e. The van der Waals surface area contributed by atoms with Gasteiger partial charge in [0, 0.05) is 12.7 Å². The summed E-state index contributed by atoms with van der Waals surface area (Å²) in [7, 11) is -3.62. The maximum absolute atomic E-state index is 12.2. The molecular formula is C14H17N3O2S. The molecule has 2 rings (SSSR count). The second kappa shape index (κ2) is 6.02. The van der Waals surface area contributed by atoms with Crippen LogP contribution in [0.15, 0.2) is 47.5 Å². The number of hydrogen-bond acceptors (Lipinski definition) is 4. The third-order valence-corrected chi connectivity index (χ3v) is 4.31. The lowest BCUT2D eigenvalue weighted by Gasteiger charge is -2.08. The van der Waals surface area contributed by atoms with E-state index in [4.69, 9.17) is 5.73 Å². The predicted octanol–water partition coefficient (Wildman–Crippen LogP) is 1.90. The van der Waals surface area contributed by atoms with Crippen LogP contribution < -0.4 is 10.5 Å². The highest BCUT2D eigenvalue weighted by Crippen LogP contribution is 2.16. The quantitative estimate of drug-likeness (QED) is 0.881. The molecule has 0 aliphatic rings. The standard InChI is InChI=1S/C14H17N3O2S/c1-2-11-3-5-13(6-4-11)20(18,19)17-14-9-12(10-15)7-8-16-14/h3-9H,2,10,15H2,1H3,(H,16,17). The molecule has 1 aromatic carbocycles. The highest BCUT2D eigenvalue weighted by Gasteiger charge is 2.14. The molecule has 0 fully saturated rings. The summed E-state index contributed by atoms with van der Waals surface area (Å²) in [4.78, 5) is 4.20. The van der Waals surface area contributed by atoms with Crippen LogP contribution in [0.4, 0.5) is 5.82 Å². The van der Waals surface area contributed by atoms with E-state index in [1.807, 2.05) is 6.92 Å². The van der Waals surface area contributed by atoms with E-state index in [9.17, 15) is 8.42 Å². The van der Waals surface area contributed by atoms with Crippen molar-refractivity contribution >= 4 is 15.8 Å². The molecule has 0 bridgehead atoms. The summed E-state index contributed by atoms with van der Waals surface area (Å²) in [5.41, 5.74) is 7.43. The van der Waals surface area contributed by atoms with Crippen molar-refractivity contribution in [2.75, 3.05) is 4.72 Å². The minimum atomic E-state index is -3.62. The molecular weight excluding hydrogens is 274 g/mol. The van der Waals surface area contributed by atoms with Crippen molar-refractivity contribution in [2.24, 2.45) is 5.73 Å². The molecule has 1 aromatic heterocycles. The van der Waals surface area contributed by atoms with Crippen LogP contribution >= 0.6 is 0 Å². The van der Waals surface area contributed by atoms with Gasteiger partial charge in [0.2, 0.25) is 0 Å². The number of nitrogens with zero attached hydrogens (tertiary/aromatic N) is 1. The van der Waals surface area contributed by atoms with Crippen molar-refractivity contribution < 1.29 is 8.42 Å². The molecule has 0 saturated carbocycles. The minimum absolute atomic E-state index is 0.217. The third-order valence-electron chi connectivity index (χ3n) is 2.94. The molecule has 106 valence electrons. The molecule has 6 heteroatoms. The van der Waals surface area contributed by atoms with Crippen molar-refractivity contribution in [1.29, 1.82) is 0 Å². The first-order chi connectivity index (χ1) is 9.55. The van der Waals surface area contributed by atoms with Gasteiger partial charge >= 0.3 is 0 Å². The maximum Gasteiger partial charge on any atom is 0.263 e. The Balaban J connectivity index is 2.25. The van der Waals surface area contributed by atoms with Crippen LogP contribution in [0.3, 0.4) is 0 Å². The van der Waals surface area contributed by atoms with E-state index in [2.05, 4.69) is 9.71 Å². The fraction of sp³-hybridized carbons (Fsp3) is 0.214. The van der Waals surface area contributed by atoms with Crippen molar-refractivity contribution in [3.8, 4) is 0 Å². The van der Waals surface area contributed by atoms with Gasteiger partial charge in [0.05, 0.1) is 4.90 Å². The molecule has 0 saturated heterocycles. The van der Waals surface area contributed by atoms with E-state index in [0.717, 1.165) is 17.5 Å². The van der Waals surface area contributed by atoms with Crippen molar-refractivity contribution in [1.82, 2.24) is 4.98 Å². The lowest BCUT2D eigenvalue weighted by atomic mass is 10.2. The average Bonchev–Trinajstić information content (AvgIpc) is 2.47. The molecule has 2 aromatic rings. The molecule has 1 heterocycles. The zero-order chi connectivity index (χ0) is 14.6. The predicted molar refractivity (Wildman–Crippen MR) is 78.8 cm³/mol. The molecule has 20 heavy (non-hydrogen) atoms. The molecule has 0 radical (unpaired) electrons. The topological polar surface area (TPSA) is 85.1 Å². The van der Waals surface area contributed by atoms with Crippen molar-refractivity contribution in [2.45, 2.75) is 24.8 Å². The molecule has 0 aliphatic heterocycles. The summed E-state index contributed by atoms with van der Waals surface area (Å²) >= 11 is 0. The number of hydrogen-bond donors (Lipinski definition) is 2. The van der Waals surface area contributed by atoms with Crippen LogP contribution in [0.25, 0.3) is 0 Å². The van der Waals surface area contributed by atoms with Gasteiger partial charge in [-0.1, -0.05) is 19.1 Å². The van der Waals surface area contributed by atoms with E-state index in [1.54, 1.807) is 36.4 Å². The first-order valence-corrected chi connectivity index (χ1v) is 7.80. The molecule has 0 spiro atoms. The maximum atomic E-state index is 12.2. The highest BCUT2D eigenvalue weighted by atomic mass is 32.2. The number of nitrogens with one attached hydrogen (secondary N) is 1. The Morgan fingerprint density at radius 3 is 2.45 bits per heavy atom. The van der Waals surface area contributed by atoms with Gasteiger partial charge in [-0.2, -0.15) is 0 Å². The van der Waals surface area contributed by atoms with Gasteiger partial charge in [0.1, 0.15) is 5.82 Å². The molecule has 0 aliphatic carbocycles. The number of sulfonamides is 1. The number of nitrogens with two attached hydrogens (primary N) is 1. The molecule has 5 nitrogen and oxygen atoms in total. The summed E-state index contributed by atoms with van der Waals surface area (Å²) in [6.07, 6.45) is 2.40. The van der Waals surface area contributed by atoms with Gasteiger partial charge in [-0.25, -0.2) is 13.4 Å². The lowest BCUT2D eigenvalue weighted by Crippen LogP contribution is -2.14. The number of benzene rings is 1. The summed E-state index contributed by atoms with van der Waals surface area (Å²) < 4.78 is 26.9. The summed E-state index contributed by atoms with van der Waals surface area (Å²) in [5, 5.41) is 0. The van der Waals surface area contributed by atoms with Crippen LogP contribution in [-0.2, 0) is 23.0 Å². The van der Waals surface area contributed by atoms with Gasteiger partial charge < -0.3 is 5.73 Å². The van der Waals surface area contributed by atoms with Crippen LogP contribution in [0.1, 0.15) is 18.1 Å². The number of pyridine rings is 1. The number of aromatic nitrogens is 1. The summed E-state index contributed by atoms with van der Waals surface area (Å²) in [5.74, 6) is 0.271. The Labute approximate surface area is 118 Å². The normalized spacial score (nSPS) is 11.3. The van der Waals surface area contributed by atoms with Gasteiger partial charge in [-0.05, 0) is 41.8 Å². The van der Waals surface area contributed by atoms with Gasteiger partial charge in [0.25, 0.3) is 10.0 Å². The van der Waals surface area contributed by atoms with Gasteiger partial charge in [-0.15, -0.1) is 0 Å². The Kier molecular flexibility index (Phi) is 4.36. The largest absolute Gasteiger partial charge is 0.326 e. The van der Waals surface area contributed by atoms with Gasteiger partial charge in [0.15, 0.2) is 0 Å². The SMILES string of the molecule is CCc1ccc(S(=O)(=O)Nc2cc(CN)ccn2)cc1. The van der Waals surface area contributed by atoms with E-state index < -0.39 is 10.0 Å². The zero-order valence-corrected chi connectivity index (χ0v) is 12.0. The van der Waals surface area contributed by atoms with E-state index in [1.165, 1.54) is 6.20 Å². The Hall–Kier alpha value is -1.92. The minimum Gasteiger partial charge on any atom is -0.326 e. The number of anilines is 1. The average molecular weight is 291 g/mol. The number of aryl methyl sites for hydroxylation is 1. The van der Waals surface area contributed by atoms with Crippen LogP contribution in [-0.4, -0.2) is 13.4 Å². The van der Waals surface area contributed by atoms with Crippen molar-refractivity contribution in [3.05, 3.63) is 53.7 Å². The monoisotopic (exact) mass is 291 g/mol. The van der Waals surface area contributed by atoms with Crippen LogP contribution in [0, 0.1) is 0 Å². The second-order valence-electron chi connectivity index (χ2n) is 4.36. The molecule has 0 atom stereocenters. The molecule has 0 unspecified atom stereocenters. The van der Waals surface area contributed by atoms with Crippen LogP contribution in [0.5, 0.6) is 0 Å². The van der Waals surface area contributed by atoms with Crippen molar-refractivity contribution in [3.63, 3.8) is 0 Å². The Morgan fingerprint density at radius 1 is 1.15 bits per heavy atom. The van der Waals surface area contributed by atoms with E-state index >= 15 is 0 Å². The Bertz CT molecular complexity index is 682. The Morgan fingerprint density at radius 2 is 1.85 bits per heavy atom. The fourth-order valence-corrected chi connectivity index (χ4v) is 2.76. The first-order valence-electron chi connectivity index (χ1n) is 6.32. The van der Waals surface area contributed by atoms with E-state index in [0.29, 0.717) is 6.54 Å². The first kappa shape index (κ1) is 14.5. The van der Waals surface area contributed by atoms with Gasteiger partial charge in [-0.3, -0.25) is 4.72 Å². The molecule has 3 N–H and O–H groups in total. The van der Waals surface area contributed by atoms with E-state index in [-0.39, 0.29) is 10.7 Å². The van der Waals surface area contributed by atoms with Crippen LogP contribution in [0.2, 0.25) is 0 Å². The molecule has 0 amide bonds. The third kappa shape index (κ3) is 3.34. The fourth-order valence-electron chi connectivity index (χ4n) is 1.76.